The maximum Gasteiger partial charge on any atom is 0.186 e. The van der Waals surface area contributed by atoms with Gasteiger partial charge < -0.3 is 14.3 Å². The quantitative estimate of drug-likeness (QED) is 0.836. The number of nitriles is 1. The molecule has 0 aromatic heterocycles. The highest BCUT2D eigenvalue weighted by molar-refractivity contribution is 6.69. The molecule has 1 N–H and O–H groups in total. The molecule has 0 amide bonds. The van der Waals surface area contributed by atoms with Crippen molar-refractivity contribution in [2.24, 2.45) is 0 Å². The largest absolute Gasteiger partial charge is 0.504 e. The number of phenolic OH excluding ortho intramolecular Hbond substituents is 1. The van der Waals surface area contributed by atoms with E-state index in [2.05, 4.69) is 6.07 Å². The number of hydrogen-bond donors (Lipinski definition) is 1. The van der Waals surface area contributed by atoms with Crippen molar-refractivity contribution in [3.05, 3.63) is 23.8 Å². The number of hydrogen-bond acceptors (Lipinski definition) is 4. The number of benzene rings is 1. The van der Waals surface area contributed by atoms with Crippen molar-refractivity contribution in [2.45, 2.75) is 25.7 Å². The lowest BCUT2D eigenvalue weighted by Gasteiger charge is -2.22. The third kappa shape index (κ3) is 3.77. The van der Waals surface area contributed by atoms with Crippen LogP contribution in [0.4, 0.5) is 0 Å². The van der Waals surface area contributed by atoms with Crippen molar-refractivity contribution in [3.8, 4) is 17.6 Å². The molecule has 0 aliphatic heterocycles. The molecule has 0 spiro atoms. The summed E-state index contributed by atoms with van der Waals surface area (Å²) in [4.78, 5) is 0. The second-order valence-electron chi connectivity index (χ2n) is 4.67. The molecular weight excluding hydrogens is 234 g/mol. The fourth-order valence-corrected chi connectivity index (χ4v) is 2.29. The van der Waals surface area contributed by atoms with Crippen molar-refractivity contribution in [1.82, 2.24) is 0 Å². The van der Waals surface area contributed by atoms with E-state index in [9.17, 15) is 5.11 Å². The number of aromatic hydroxyl groups is 1. The lowest BCUT2D eigenvalue weighted by Crippen LogP contribution is -2.27. The zero-order valence-corrected chi connectivity index (χ0v) is 11.5. The van der Waals surface area contributed by atoms with E-state index in [1.54, 1.807) is 12.1 Å². The lowest BCUT2D eigenvalue weighted by molar-refractivity contribution is 0.254. The molecule has 0 aliphatic rings. The van der Waals surface area contributed by atoms with Crippen molar-refractivity contribution in [1.29, 1.82) is 5.26 Å². The first-order valence-corrected chi connectivity index (χ1v) is 8.72. The summed E-state index contributed by atoms with van der Waals surface area (Å²) in [5, 5.41) is 18.7. The number of nitrogens with zero attached hydrogens (tertiary/aromatic N) is 1. The molecule has 0 bridgehead atoms. The number of ether oxygens (including phenoxy) is 1. The van der Waals surface area contributed by atoms with Gasteiger partial charge in [-0.2, -0.15) is 5.26 Å². The normalized spacial score (nSPS) is 12.9. The Morgan fingerprint density at radius 1 is 1.35 bits per heavy atom. The molecule has 0 aliphatic carbocycles. The molecule has 0 saturated heterocycles. The molecule has 1 atom stereocenters. The van der Waals surface area contributed by atoms with Gasteiger partial charge in [-0.1, -0.05) is 6.07 Å². The molecule has 1 rings (SSSR count). The van der Waals surface area contributed by atoms with Crippen LogP contribution in [-0.2, 0) is 4.43 Å². The van der Waals surface area contributed by atoms with E-state index >= 15 is 0 Å². The summed E-state index contributed by atoms with van der Waals surface area (Å²) in [5.74, 6) is 0.405. The minimum atomic E-state index is -1.80. The van der Waals surface area contributed by atoms with Gasteiger partial charge in [-0.25, -0.2) is 0 Å². The predicted molar refractivity (Wildman–Crippen MR) is 67.4 cm³/mol. The second kappa shape index (κ2) is 5.21. The maximum atomic E-state index is 9.66. The minimum Gasteiger partial charge on any atom is -0.504 e. The minimum absolute atomic E-state index is 0.0180. The number of methoxy groups -OCH3 is 1. The van der Waals surface area contributed by atoms with Crippen molar-refractivity contribution in [3.63, 3.8) is 0 Å². The Hall–Kier alpha value is -1.51. The highest BCUT2D eigenvalue weighted by Crippen LogP contribution is 2.31. The first-order valence-electron chi connectivity index (χ1n) is 5.31. The van der Waals surface area contributed by atoms with Crippen LogP contribution in [0.25, 0.3) is 0 Å². The average Bonchev–Trinajstić information content (AvgIpc) is 2.24. The van der Waals surface area contributed by atoms with E-state index < -0.39 is 14.4 Å². The lowest BCUT2D eigenvalue weighted by atomic mass is 10.1. The van der Waals surface area contributed by atoms with Gasteiger partial charge in [0.15, 0.2) is 25.9 Å². The molecule has 92 valence electrons. The summed E-state index contributed by atoms with van der Waals surface area (Å²) in [5.41, 5.74) is 0.647. The van der Waals surface area contributed by atoms with Gasteiger partial charge in [0.2, 0.25) is 0 Å². The van der Waals surface area contributed by atoms with Crippen LogP contribution < -0.4 is 4.74 Å². The van der Waals surface area contributed by atoms with E-state index in [4.69, 9.17) is 14.4 Å². The molecule has 5 heteroatoms. The van der Waals surface area contributed by atoms with Crippen LogP contribution in [0.2, 0.25) is 19.6 Å². The summed E-state index contributed by atoms with van der Waals surface area (Å²) in [6.45, 7) is 6.04. The van der Waals surface area contributed by atoms with Crippen LogP contribution in [0.1, 0.15) is 11.7 Å². The third-order valence-electron chi connectivity index (χ3n) is 2.09. The third-order valence-corrected chi connectivity index (χ3v) is 3.04. The van der Waals surface area contributed by atoms with E-state index in [-0.39, 0.29) is 5.75 Å². The number of rotatable bonds is 4. The van der Waals surface area contributed by atoms with Crippen LogP contribution in [0, 0.1) is 11.3 Å². The Kier molecular flexibility index (Phi) is 4.15. The smallest absolute Gasteiger partial charge is 0.186 e. The van der Waals surface area contributed by atoms with Crippen molar-refractivity contribution < 1.29 is 14.3 Å². The molecule has 0 fully saturated rings. The van der Waals surface area contributed by atoms with E-state index in [0.29, 0.717) is 11.3 Å². The van der Waals surface area contributed by atoms with E-state index in [1.165, 1.54) is 13.2 Å². The first-order chi connectivity index (χ1) is 7.87. The highest BCUT2D eigenvalue weighted by atomic mass is 28.4. The Morgan fingerprint density at radius 2 is 2.00 bits per heavy atom. The van der Waals surface area contributed by atoms with Gasteiger partial charge >= 0.3 is 0 Å². The van der Waals surface area contributed by atoms with Crippen LogP contribution in [0.3, 0.4) is 0 Å². The monoisotopic (exact) mass is 251 g/mol. The Bertz CT molecular complexity index is 434. The predicted octanol–water partition coefficient (Wildman–Crippen LogP) is 2.82. The molecule has 4 nitrogen and oxygen atoms in total. The van der Waals surface area contributed by atoms with Crippen LogP contribution in [0.15, 0.2) is 18.2 Å². The molecule has 1 aromatic rings. The molecule has 0 heterocycles. The van der Waals surface area contributed by atoms with Gasteiger partial charge in [0, 0.05) is 0 Å². The molecular formula is C12H17NO3Si. The second-order valence-corrected chi connectivity index (χ2v) is 9.13. The molecule has 0 radical (unpaired) electrons. The summed E-state index contributed by atoms with van der Waals surface area (Å²) in [7, 11) is -0.318. The van der Waals surface area contributed by atoms with Gasteiger partial charge in [-0.15, -0.1) is 0 Å². The van der Waals surface area contributed by atoms with Gasteiger partial charge in [0.1, 0.15) is 0 Å². The summed E-state index contributed by atoms with van der Waals surface area (Å²) in [6, 6.07) is 6.96. The Morgan fingerprint density at radius 3 is 2.41 bits per heavy atom. The van der Waals surface area contributed by atoms with Gasteiger partial charge in [0.25, 0.3) is 0 Å². The molecule has 17 heavy (non-hydrogen) atoms. The molecule has 1 aromatic carbocycles. The summed E-state index contributed by atoms with van der Waals surface area (Å²) < 4.78 is 10.7. The van der Waals surface area contributed by atoms with Crippen molar-refractivity contribution >= 4 is 8.32 Å². The average molecular weight is 251 g/mol. The molecule has 1 unspecified atom stereocenters. The highest BCUT2D eigenvalue weighted by Gasteiger charge is 2.22. The van der Waals surface area contributed by atoms with Gasteiger partial charge in [-0.05, 0) is 37.3 Å². The fraction of sp³-hybridized carbons (Fsp3) is 0.417. The topological polar surface area (TPSA) is 62.5 Å². The Labute approximate surface area is 103 Å². The van der Waals surface area contributed by atoms with E-state index in [0.717, 1.165) is 0 Å². The SMILES string of the molecule is COc1ccc(C(C#N)O[Si](C)(C)C)cc1O. The first kappa shape index (κ1) is 13.6. The van der Waals surface area contributed by atoms with Crippen LogP contribution in [0.5, 0.6) is 11.5 Å². The van der Waals surface area contributed by atoms with Crippen molar-refractivity contribution in [2.75, 3.05) is 7.11 Å². The zero-order chi connectivity index (χ0) is 13.1. The zero-order valence-electron chi connectivity index (χ0n) is 10.5. The Balaban J connectivity index is 2.98. The van der Waals surface area contributed by atoms with Crippen LogP contribution in [-0.4, -0.2) is 20.5 Å². The standard InChI is InChI=1S/C12H17NO3Si/c1-15-11-6-5-9(7-10(11)14)12(8-13)16-17(2,3)4/h5-7,12,14H,1-4H3. The fourth-order valence-electron chi connectivity index (χ4n) is 1.39. The van der Waals surface area contributed by atoms with Gasteiger partial charge in [0.05, 0.1) is 13.2 Å². The van der Waals surface area contributed by atoms with Gasteiger partial charge in [-0.3, -0.25) is 0 Å². The maximum absolute atomic E-state index is 9.66. The molecule has 0 saturated carbocycles. The summed E-state index contributed by atoms with van der Waals surface area (Å²) >= 11 is 0. The number of phenols is 1. The van der Waals surface area contributed by atoms with E-state index in [1.807, 2.05) is 19.6 Å². The summed E-state index contributed by atoms with van der Waals surface area (Å²) in [6.07, 6.45) is -0.640. The van der Waals surface area contributed by atoms with Crippen LogP contribution >= 0.6 is 0 Å².